The maximum absolute atomic E-state index is 12.9. The summed E-state index contributed by atoms with van der Waals surface area (Å²) >= 11 is 0. The first-order chi connectivity index (χ1) is 13.0. The number of allylic oxidation sites excluding steroid dienone is 2. The highest BCUT2D eigenvalue weighted by Gasteiger charge is 2.65. The standard InChI is InChI=1S/C24H34O4/c1-14-12-17-18(22(3)10-8-16(26)13-20(14)22)9-11-23(4)19(17)6-7-21(27)24(23,5)28-15(2)25/h13-14,17-19H,6-12H2,1-5H3/t14-,17-,18-,19?,22+,23-,24-/m1/s1. The smallest absolute Gasteiger partial charge is 0.303 e. The van der Waals surface area contributed by atoms with Gasteiger partial charge in [0.05, 0.1) is 0 Å². The third kappa shape index (κ3) is 2.52. The number of carbonyl (C=O) groups is 3. The van der Waals surface area contributed by atoms with E-state index in [1.807, 2.05) is 13.0 Å². The van der Waals surface area contributed by atoms with E-state index in [2.05, 4.69) is 20.8 Å². The summed E-state index contributed by atoms with van der Waals surface area (Å²) in [6.45, 7) is 10.1. The van der Waals surface area contributed by atoms with Crippen LogP contribution in [-0.4, -0.2) is 23.1 Å². The summed E-state index contributed by atoms with van der Waals surface area (Å²) in [6, 6.07) is 0. The van der Waals surface area contributed by atoms with Crippen molar-refractivity contribution in [3.05, 3.63) is 11.6 Å². The SMILES string of the molecule is CC(=O)O[C@]1(C)C(=O)CCC2[C@@H]3C[C@@H](C)C4=CC(=O)CC[C@@]4(C)[C@@H]3CC[C@]21C. The molecular weight excluding hydrogens is 352 g/mol. The monoisotopic (exact) mass is 386 g/mol. The number of hydrogen-bond acceptors (Lipinski definition) is 4. The van der Waals surface area contributed by atoms with Crippen LogP contribution in [0.3, 0.4) is 0 Å². The van der Waals surface area contributed by atoms with Crippen molar-refractivity contribution in [2.75, 3.05) is 0 Å². The summed E-state index contributed by atoms with van der Waals surface area (Å²) < 4.78 is 5.77. The molecule has 0 bridgehead atoms. The zero-order valence-electron chi connectivity index (χ0n) is 18.0. The normalized spacial score (nSPS) is 48.1. The first-order valence-corrected chi connectivity index (χ1v) is 11.0. The van der Waals surface area contributed by atoms with Crippen LogP contribution in [-0.2, 0) is 19.1 Å². The van der Waals surface area contributed by atoms with E-state index < -0.39 is 5.60 Å². The van der Waals surface area contributed by atoms with Gasteiger partial charge in [0, 0.05) is 25.2 Å². The third-order valence-corrected chi connectivity index (χ3v) is 9.32. The van der Waals surface area contributed by atoms with Crippen LogP contribution in [0.2, 0.25) is 0 Å². The van der Waals surface area contributed by atoms with E-state index in [0.29, 0.717) is 36.5 Å². The van der Waals surface area contributed by atoms with Crippen molar-refractivity contribution in [1.82, 2.24) is 0 Å². The van der Waals surface area contributed by atoms with Crippen molar-refractivity contribution in [2.45, 2.75) is 85.2 Å². The van der Waals surface area contributed by atoms with Gasteiger partial charge in [-0.3, -0.25) is 14.4 Å². The second kappa shape index (κ2) is 6.27. The molecule has 0 aromatic carbocycles. The molecule has 3 fully saturated rings. The Balaban J connectivity index is 1.74. The Morgan fingerprint density at radius 2 is 1.79 bits per heavy atom. The maximum Gasteiger partial charge on any atom is 0.303 e. The summed E-state index contributed by atoms with van der Waals surface area (Å²) in [4.78, 5) is 36.9. The van der Waals surface area contributed by atoms with Crippen LogP contribution in [0, 0.1) is 34.5 Å². The van der Waals surface area contributed by atoms with Crippen molar-refractivity contribution >= 4 is 17.5 Å². The molecule has 7 atom stereocenters. The van der Waals surface area contributed by atoms with Gasteiger partial charge in [0.2, 0.25) is 0 Å². The lowest BCUT2D eigenvalue weighted by atomic mass is 9.41. The molecule has 0 spiro atoms. The molecule has 4 nitrogen and oxygen atoms in total. The quantitative estimate of drug-likeness (QED) is 0.615. The highest BCUT2D eigenvalue weighted by Crippen LogP contribution is 2.67. The summed E-state index contributed by atoms with van der Waals surface area (Å²) in [5, 5.41) is 0. The Morgan fingerprint density at radius 1 is 1.07 bits per heavy atom. The van der Waals surface area contributed by atoms with Crippen LogP contribution in [0.15, 0.2) is 11.6 Å². The van der Waals surface area contributed by atoms with Gasteiger partial charge in [0.1, 0.15) is 0 Å². The van der Waals surface area contributed by atoms with Crippen LogP contribution in [0.25, 0.3) is 0 Å². The van der Waals surface area contributed by atoms with Crippen LogP contribution in [0.1, 0.15) is 79.6 Å². The van der Waals surface area contributed by atoms with Gasteiger partial charge in [-0.05, 0) is 74.2 Å². The number of esters is 1. The van der Waals surface area contributed by atoms with Gasteiger partial charge in [-0.1, -0.05) is 26.3 Å². The lowest BCUT2D eigenvalue weighted by Crippen LogP contribution is -2.65. The van der Waals surface area contributed by atoms with Crippen molar-refractivity contribution in [1.29, 1.82) is 0 Å². The molecule has 4 aliphatic carbocycles. The molecular formula is C24H34O4. The molecule has 3 saturated carbocycles. The zero-order chi connectivity index (χ0) is 20.5. The second-order valence-corrected chi connectivity index (χ2v) is 10.5. The van der Waals surface area contributed by atoms with Gasteiger partial charge < -0.3 is 4.74 Å². The molecule has 0 heterocycles. The predicted octanol–water partition coefficient (Wildman–Crippen LogP) is 4.66. The van der Waals surface area contributed by atoms with Gasteiger partial charge in [0.15, 0.2) is 17.2 Å². The molecule has 0 N–H and O–H groups in total. The molecule has 154 valence electrons. The first kappa shape index (κ1) is 19.8. The van der Waals surface area contributed by atoms with Crippen molar-refractivity contribution in [2.24, 2.45) is 34.5 Å². The summed E-state index contributed by atoms with van der Waals surface area (Å²) in [6.07, 6.45) is 7.97. The van der Waals surface area contributed by atoms with E-state index in [4.69, 9.17) is 4.74 Å². The maximum atomic E-state index is 12.9. The van der Waals surface area contributed by atoms with Crippen molar-refractivity contribution in [3.8, 4) is 0 Å². The Bertz CT molecular complexity index is 767. The minimum Gasteiger partial charge on any atom is -0.451 e. The van der Waals surface area contributed by atoms with Crippen LogP contribution in [0.4, 0.5) is 0 Å². The minimum atomic E-state index is -1.02. The lowest BCUT2D eigenvalue weighted by Gasteiger charge is -2.64. The van der Waals surface area contributed by atoms with Crippen LogP contribution >= 0.6 is 0 Å². The Hall–Kier alpha value is -1.45. The number of ether oxygens (including phenoxy) is 1. The van der Waals surface area contributed by atoms with E-state index in [1.54, 1.807) is 0 Å². The molecule has 0 radical (unpaired) electrons. The minimum absolute atomic E-state index is 0.0822. The highest BCUT2D eigenvalue weighted by molar-refractivity contribution is 5.92. The fourth-order valence-corrected chi connectivity index (χ4v) is 7.73. The molecule has 0 amide bonds. The Labute approximate surface area is 168 Å². The summed E-state index contributed by atoms with van der Waals surface area (Å²) in [5.41, 5.74) is 0.131. The van der Waals surface area contributed by atoms with E-state index in [1.165, 1.54) is 12.5 Å². The number of carbonyl (C=O) groups excluding carboxylic acids is 3. The molecule has 28 heavy (non-hydrogen) atoms. The third-order valence-electron chi connectivity index (χ3n) is 9.32. The molecule has 4 heteroatoms. The van der Waals surface area contributed by atoms with Gasteiger partial charge in [0.25, 0.3) is 0 Å². The summed E-state index contributed by atoms with van der Waals surface area (Å²) in [5.74, 6) is 1.85. The molecule has 0 saturated heterocycles. The molecule has 1 unspecified atom stereocenters. The number of rotatable bonds is 1. The highest BCUT2D eigenvalue weighted by atomic mass is 16.6. The van der Waals surface area contributed by atoms with E-state index >= 15 is 0 Å². The number of ketones is 2. The Kier molecular flexibility index (Phi) is 4.45. The topological polar surface area (TPSA) is 60.4 Å². The van der Waals surface area contributed by atoms with Gasteiger partial charge in [-0.25, -0.2) is 0 Å². The fourth-order valence-electron chi connectivity index (χ4n) is 7.73. The Morgan fingerprint density at radius 3 is 2.46 bits per heavy atom. The van der Waals surface area contributed by atoms with Crippen LogP contribution in [0.5, 0.6) is 0 Å². The molecule has 0 aromatic heterocycles. The molecule has 4 rings (SSSR count). The zero-order valence-corrected chi connectivity index (χ0v) is 18.0. The largest absolute Gasteiger partial charge is 0.451 e. The van der Waals surface area contributed by atoms with Crippen molar-refractivity contribution in [3.63, 3.8) is 0 Å². The number of Topliss-reactive ketones (excluding diaryl/α,β-unsaturated/α-hetero) is 1. The molecule has 4 aliphatic rings. The van der Waals surface area contributed by atoms with Gasteiger partial charge in [-0.2, -0.15) is 0 Å². The fraction of sp³-hybridized carbons (Fsp3) is 0.792. The average molecular weight is 387 g/mol. The van der Waals surface area contributed by atoms with E-state index in [0.717, 1.165) is 32.1 Å². The van der Waals surface area contributed by atoms with Crippen molar-refractivity contribution < 1.29 is 19.1 Å². The average Bonchev–Trinajstić information content (AvgIpc) is 2.60. The lowest BCUT2D eigenvalue weighted by molar-refractivity contribution is -0.208. The first-order valence-electron chi connectivity index (χ1n) is 11.0. The molecule has 0 aromatic rings. The summed E-state index contributed by atoms with van der Waals surface area (Å²) in [7, 11) is 0. The van der Waals surface area contributed by atoms with Crippen LogP contribution < -0.4 is 0 Å². The van der Waals surface area contributed by atoms with E-state index in [9.17, 15) is 14.4 Å². The predicted molar refractivity (Wildman–Crippen MR) is 106 cm³/mol. The number of fused-ring (bicyclic) bond motifs is 5. The molecule has 0 aliphatic heterocycles. The second-order valence-electron chi connectivity index (χ2n) is 10.5. The van der Waals surface area contributed by atoms with Gasteiger partial charge in [-0.15, -0.1) is 0 Å². The van der Waals surface area contributed by atoms with E-state index in [-0.39, 0.29) is 28.4 Å². The number of hydrogen-bond donors (Lipinski definition) is 0. The van der Waals surface area contributed by atoms with Gasteiger partial charge >= 0.3 is 5.97 Å².